The highest BCUT2D eigenvalue weighted by Gasteiger charge is 2.48. The predicted molar refractivity (Wildman–Crippen MR) is 281 cm³/mol. The van der Waals surface area contributed by atoms with Gasteiger partial charge in [0.15, 0.2) is 0 Å². The highest BCUT2D eigenvalue weighted by molar-refractivity contribution is 7.21. The molecule has 0 bridgehead atoms. The first-order chi connectivity index (χ1) is 31.8. The number of nitrogens with zero attached hydrogens (tertiary/aromatic N) is 3. The molecule has 66 heavy (non-hydrogen) atoms. The molecule has 3 aliphatic rings. The molecule has 0 saturated heterocycles. The van der Waals surface area contributed by atoms with Crippen LogP contribution in [0.25, 0.3) is 92.5 Å². The van der Waals surface area contributed by atoms with Crippen molar-refractivity contribution in [1.29, 1.82) is 0 Å². The van der Waals surface area contributed by atoms with Crippen molar-refractivity contribution in [2.45, 2.75) is 71.6 Å². The van der Waals surface area contributed by atoms with E-state index in [2.05, 4.69) is 210 Å². The van der Waals surface area contributed by atoms with Crippen molar-refractivity contribution in [2.24, 2.45) is 0 Å². The summed E-state index contributed by atoms with van der Waals surface area (Å²) in [6.45, 7) is 18.5. The average molecular weight is 870 g/mol. The summed E-state index contributed by atoms with van der Waals surface area (Å²) in [5, 5.41) is 5.79. The van der Waals surface area contributed by atoms with Gasteiger partial charge in [0.25, 0.3) is 0 Å². The molecule has 5 heterocycles. The third-order valence-corrected chi connectivity index (χ3v) is 16.4. The van der Waals surface area contributed by atoms with Gasteiger partial charge in [-0.15, -0.1) is 11.3 Å². The van der Waals surface area contributed by atoms with E-state index in [9.17, 15) is 0 Å². The lowest BCUT2D eigenvalue weighted by molar-refractivity contribution is 0.590. The molecule has 3 aromatic heterocycles. The van der Waals surface area contributed by atoms with Crippen LogP contribution in [-0.4, -0.2) is 16.4 Å². The molecule has 0 amide bonds. The number of rotatable bonds is 2. The zero-order chi connectivity index (χ0) is 44.8. The van der Waals surface area contributed by atoms with Crippen LogP contribution in [0.1, 0.15) is 77.6 Å². The number of hydrogen-bond acceptors (Lipinski definition) is 4. The van der Waals surface area contributed by atoms with Crippen molar-refractivity contribution in [3.05, 3.63) is 168 Å². The van der Waals surface area contributed by atoms with Gasteiger partial charge in [-0.25, -0.2) is 4.98 Å². The number of aromatic nitrogens is 2. The molecule has 1 aliphatic carbocycles. The van der Waals surface area contributed by atoms with Gasteiger partial charge in [0, 0.05) is 49.8 Å². The van der Waals surface area contributed by atoms with Crippen LogP contribution in [0.3, 0.4) is 0 Å². The second-order valence-electron chi connectivity index (χ2n) is 21.6. The van der Waals surface area contributed by atoms with Gasteiger partial charge in [-0.3, -0.25) is 0 Å². The smallest absolute Gasteiger partial charge is 0.333 e. The zero-order valence-electron chi connectivity index (χ0n) is 38.6. The quantitative estimate of drug-likeness (QED) is 0.162. The lowest BCUT2D eigenvalue weighted by Crippen LogP contribution is -2.60. The molecule has 0 fully saturated rings. The van der Waals surface area contributed by atoms with E-state index in [0.717, 1.165) is 32.6 Å². The van der Waals surface area contributed by atoms with Crippen molar-refractivity contribution in [2.75, 3.05) is 4.81 Å². The maximum Gasteiger partial charge on any atom is 0.333 e. The van der Waals surface area contributed by atoms with Crippen LogP contribution in [0.4, 0.5) is 11.4 Å². The van der Waals surface area contributed by atoms with E-state index in [-0.39, 0.29) is 23.1 Å². The summed E-state index contributed by atoms with van der Waals surface area (Å²) in [7, 11) is 0. The van der Waals surface area contributed by atoms with Gasteiger partial charge in [-0.05, 0) is 115 Å². The van der Waals surface area contributed by atoms with Crippen LogP contribution in [-0.2, 0) is 16.2 Å². The molecule has 0 unspecified atom stereocenters. The molecule has 0 radical (unpaired) electrons. The Morgan fingerprint density at radius 3 is 2.14 bits per heavy atom. The molecule has 8 aromatic carbocycles. The van der Waals surface area contributed by atoms with Gasteiger partial charge in [0.05, 0.1) is 26.6 Å². The van der Waals surface area contributed by atoms with Gasteiger partial charge >= 0.3 is 6.85 Å². The standard InChI is InChI=1S/C60H48BN3OS/c1-58(2,3)34-22-25-36(26-23-34)64-47-30-39-37-18-12-14-20-42(37)60(7,8)43(39)29-41(47)51-52-38-19-13-15-21-49(38)65-56(52)53-40-28-35(59(4,5)6)24-27-46(40)63-48-32-50-45(31-44(48)61(64)54(51)55(53)63)62-57(66-50)33-16-10-9-11-17-33/h9-32H,1-8H3. The normalized spacial score (nSPS) is 14.7. The first kappa shape index (κ1) is 38.4. The van der Waals surface area contributed by atoms with E-state index < -0.39 is 0 Å². The zero-order valence-corrected chi connectivity index (χ0v) is 39.4. The summed E-state index contributed by atoms with van der Waals surface area (Å²) in [5.41, 5.74) is 22.9. The molecule has 11 aromatic rings. The molecule has 6 heteroatoms. The summed E-state index contributed by atoms with van der Waals surface area (Å²) in [5.74, 6) is 0. The number of para-hydroxylation sites is 1. The molecule has 0 atom stereocenters. The van der Waals surface area contributed by atoms with Crippen LogP contribution in [0.15, 0.2) is 150 Å². The Balaban J connectivity index is 1.21. The third-order valence-electron chi connectivity index (χ3n) is 15.3. The number of furan rings is 1. The molecule has 0 saturated carbocycles. The summed E-state index contributed by atoms with van der Waals surface area (Å²) >= 11 is 1.78. The Morgan fingerprint density at radius 1 is 0.621 bits per heavy atom. The van der Waals surface area contributed by atoms with Crippen LogP contribution in [0, 0.1) is 0 Å². The predicted octanol–water partition coefficient (Wildman–Crippen LogP) is 15.1. The van der Waals surface area contributed by atoms with Gasteiger partial charge in [0.1, 0.15) is 16.2 Å². The summed E-state index contributed by atoms with van der Waals surface area (Å²) in [4.78, 5) is 8.10. The largest absolute Gasteiger partial charge is 0.455 e. The number of thiazole rings is 1. The van der Waals surface area contributed by atoms with E-state index in [0.29, 0.717) is 0 Å². The maximum absolute atomic E-state index is 7.27. The number of anilines is 2. The van der Waals surface area contributed by atoms with Crippen LogP contribution >= 0.6 is 11.3 Å². The van der Waals surface area contributed by atoms with E-state index >= 15 is 0 Å². The van der Waals surface area contributed by atoms with Crippen molar-refractivity contribution < 1.29 is 4.42 Å². The van der Waals surface area contributed by atoms with E-state index in [1.165, 1.54) is 104 Å². The molecule has 318 valence electrons. The van der Waals surface area contributed by atoms with Crippen molar-refractivity contribution >= 4 is 94.4 Å². The van der Waals surface area contributed by atoms with Gasteiger partial charge in [-0.1, -0.05) is 146 Å². The SMILES string of the molecule is CC(C)(C)c1ccc(N2B3c4cc5nc(-c6ccccc6)sc5cc4-n4c5ccc(C(C)(C)C)cc5c5c6oc7ccccc7c6c(c3c54)-c3cc4c(cc32)-c2ccccc2C4(C)C)cc1. The maximum atomic E-state index is 7.27. The minimum Gasteiger partial charge on any atom is -0.455 e. The van der Waals surface area contributed by atoms with E-state index in [4.69, 9.17) is 9.40 Å². The Labute approximate surface area is 389 Å². The molecular weight excluding hydrogens is 822 g/mol. The summed E-state index contributed by atoms with van der Waals surface area (Å²) in [6.07, 6.45) is 0. The molecule has 14 rings (SSSR count). The summed E-state index contributed by atoms with van der Waals surface area (Å²) < 4.78 is 11.0. The third kappa shape index (κ3) is 4.98. The minimum absolute atomic E-state index is 0.0120. The van der Waals surface area contributed by atoms with Crippen molar-refractivity contribution in [1.82, 2.24) is 9.55 Å². The Kier molecular flexibility index (Phi) is 7.39. The van der Waals surface area contributed by atoms with Gasteiger partial charge < -0.3 is 13.8 Å². The van der Waals surface area contributed by atoms with Crippen LogP contribution < -0.4 is 15.7 Å². The Bertz CT molecular complexity index is 3930. The molecular formula is C60H48BN3OS. The number of benzene rings is 8. The lowest BCUT2D eigenvalue weighted by atomic mass is 9.43. The van der Waals surface area contributed by atoms with E-state index in [1.54, 1.807) is 11.3 Å². The first-order valence-electron chi connectivity index (χ1n) is 23.4. The van der Waals surface area contributed by atoms with Crippen molar-refractivity contribution in [3.8, 4) is 38.5 Å². The Morgan fingerprint density at radius 2 is 1.35 bits per heavy atom. The number of fused-ring (bicyclic) bond motifs is 17. The topological polar surface area (TPSA) is 34.2 Å². The first-order valence-corrected chi connectivity index (χ1v) is 24.2. The minimum atomic E-state index is -0.187. The highest BCUT2D eigenvalue weighted by atomic mass is 32.1. The van der Waals surface area contributed by atoms with Gasteiger partial charge in [0.2, 0.25) is 0 Å². The average Bonchev–Trinajstić information content (AvgIpc) is 4.06. The Hall–Kier alpha value is -6.89. The number of hydrogen-bond donors (Lipinski definition) is 0. The molecule has 0 N–H and O–H groups in total. The lowest BCUT2D eigenvalue weighted by Gasteiger charge is -2.43. The van der Waals surface area contributed by atoms with Crippen LogP contribution in [0.5, 0.6) is 0 Å². The van der Waals surface area contributed by atoms with Crippen molar-refractivity contribution in [3.63, 3.8) is 0 Å². The highest BCUT2D eigenvalue weighted by Crippen LogP contribution is 2.57. The van der Waals surface area contributed by atoms with Gasteiger partial charge in [-0.2, -0.15) is 0 Å². The van der Waals surface area contributed by atoms with E-state index in [1.807, 2.05) is 0 Å². The summed E-state index contributed by atoms with van der Waals surface area (Å²) in [6, 6.07) is 55.0. The molecule has 2 aliphatic heterocycles. The second kappa shape index (κ2) is 12.7. The molecule has 0 spiro atoms. The fourth-order valence-electron chi connectivity index (χ4n) is 12.0. The monoisotopic (exact) mass is 869 g/mol. The van der Waals surface area contributed by atoms with Crippen LogP contribution in [0.2, 0.25) is 0 Å². The fourth-order valence-corrected chi connectivity index (χ4v) is 13.0. The second-order valence-corrected chi connectivity index (χ2v) is 22.6. The fraction of sp³-hybridized carbons (Fsp3) is 0.183. The molecule has 4 nitrogen and oxygen atoms in total.